The van der Waals surface area contributed by atoms with Gasteiger partial charge in [0.15, 0.2) is 12.1 Å². The van der Waals surface area contributed by atoms with Crippen molar-refractivity contribution in [2.45, 2.75) is 33.7 Å². The number of rotatable bonds is 6. The Labute approximate surface area is 168 Å². The van der Waals surface area contributed by atoms with Gasteiger partial charge in [0, 0.05) is 31.6 Å². The molecule has 3 heterocycles. The summed E-state index contributed by atoms with van der Waals surface area (Å²) in [5.74, 6) is 0.239. The zero-order chi connectivity index (χ0) is 20.3. The second-order valence-electron chi connectivity index (χ2n) is 7.25. The second-order valence-corrected chi connectivity index (χ2v) is 8.14. The number of carbonyl (C=O) groups excluding carboxylic acids is 2. The van der Waals surface area contributed by atoms with Gasteiger partial charge in [0.2, 0.25) is 0 Å². The molecular formula is C19H27N5O3S. The lowest BCUT2D eigenvalue weighted by Gasteiger charge is -2.33. The van der Waals surface area contributed by atoms with Gasteiger partial charge in [-0.3, -0.25) is 9.59 Å². The van der Waals surface area contributed by atoms with Crippen LogP contribution >= 0.6 is 11.3 Å². The highest BCUT2D eigenvalue weighted by Gasteiger charge is 2.27. The van der Waals surface area contributed by atoms with Crippen LogP contribution in [-0.4, -0.2) is 64.3 Å². The monoisotopic (exact) mass is 405 g/mol. The standard InChI is InChI=1S/C19H27N5O3S/c1-5-23-6-8-24(9-7-23)19(26)14-10-28-18(21-14)15(12(2)3)22-17(25)16-13(4)27-11-20-16/h10-12,15H,5-9H2,1-4H3,(H,22,25)/t15-/m1/s1. The summed E-state index contributed by atoms with van der Waals surface area (Å²) in [4.78, 5) is 38.0. The number of nitrogens with zero attached hydrogens (tertiary/aromatic N) is 4. The van der Waals surface area contributed by atoms with Crippen LogP contribution in [0.25, 0.3) is 0 Å². The lowest BCUT2D eigenvalue weighted by atomic mass is 10.0. The van der Waals surface area contributed by atoms with Crippen molar-refractivity contribution in [3.05, 3.63) is 33.9 Å². The van der Waals surface area contributed by atoms with Gasteiger partial charge in [-0.1, -0.05) is 20.8 Å². The van der Waals surface area contributed by atoms with E-state index in [1.54, 1.807) is 12.3 Å². The molecule has 3 rings (SSSR count). The number of piperazine rings is 1. The highest BCUT2D eigenvalue weighted by atomic mass is 32.1. The molecule has 0 bridgehead atoms. The van der Waals surface area contributed by atoms with Crippen molar-refractivity contribution in [3.63, 3.8) is 0 Å². The Morgan fingerprint density at radius 1 is 1.29 bits per heavy atom. The quantitative estimate of drug-likeness (QED) is 0.793. The van der Waals surface area contributed by atoms with Crippen LogP contribution in [0, 0.1) is 12.8 Å². The van der Waals surface area contributed by atoms with Gasteiger partial charge in [-0.25, -0.2) is 9.97 Å². The van der Waals surface area contributed by atoms with Gasteiger partial charge in [0.05, 0.1) is 6.04 Å². The van der Waals surface area contributed by atoms with Crippen LogP contribution < -0.4 is 5.32 Å². The van der Waals surface area contributed by atoms with Crippen molar-refractivity contribution in [3.8, 4) is 0 Å². The molecule has 28 heavy (non-hydrogen) atoms. The molecule has 0 spiro atoms. The van der Waals surface area contributed by atoms with E-state index in [4.69, 9.17) is 4.42 Å². The second kappa shape index (κ2) is 8.83. The minimum atomic E-state index is -0.302. The molecule has 8 nitrogen and oxygen atoms in total. The number of oxazole rings is 1. The molecule has 1 N–H and O–H groups in total. The van der Waals surface area contributed by atoms with Crippen molar-refractivity contribution >= 4 is 23.2 Å². The van der Waals surface area contributed by atoms with Gasteiger partial charge in [-0.2, -0.15) is 0 Å². The largest absolute Gasteiger partial charge is 0.448 e. The maximum Gasteiger partial charge on any atom is 0.274 e. The van der Waals surface area contributed by atoms with Gasteiger partial charge in [-0.05, 0) is 19.4 Å². The number of thiazole rings is 1. The van der Waals surface area contributed by atoms with Crippen LogP contribution in [0.15, 0.2) is 16.2 Å². The molecule has 0 radical (unpaired) electrons. The van der Waals surface area contributed by atoms with Crippen LogP contribution in [0.2, 0.25) is 0 Å². The first-order chi connectivity index (χ1) is 13.4. The molecule has 2 aromatic heterocycles. The summed E-state index contributed by atoms with van der Waals surface area (Å²) < 4.78 is 5.11. The number of amides is 2. The van der Waals surface area contributed by atoms with Crippen molar-refractivity contribution < 1.29 is 14.0 Å². The van der Waals surface area contributed by atoms with Gasteiger partial charge < -0.3 is 19.5 Å². The predicted molar refractivity (Wildman–Crippen MR) is 106 cm³/mol. The lowest BCUT2D eigenvalue weighted by Crippen LogP contribution is -2.48. The molecule has 1 aliphatic rings. The first kappa shape index (κ1) is 20.5. The average Bonchev–Trinajstić information content (AvgIpc) is 3.34. The lowest BCUT2D eigenvalue weighted by molar-refractivity contribution is 0.0638. The van der Waals surface area contributed by atoms with Crippen LogP contribution in [-0.2, 0) is 0 Å². The van der Waals surface area contributed by atoms with Crippen LogP contribution in [0.5, 0.6) is 0 Å². The van der Waals surface area contributed by atoms with E-state index in [9.17, 15) is 9.59 Å². The molecule has 2 amide bonds. The van der Waals surface area contributed by atoms with E-state index in [1.165, 1.54) is 17.7 Å². The maximum atomic E-state index is 12.8. The Kier molecular flexibility index (Phi) is 6.46. The third-order valence-electron chi connectivity index (χ3n) is 5.03. The summed E-state index contributed by atoms with van der Waals surface area (Å²) in [5.41, 5.74) is 0.717. The Hall–Kier alpha value is -2.26. The van der Waals surface area contributed by atoms with Gasteiger partial charge in [-0.15, -0.1) is 11.3 Å². The Balaban J connectivity index is 1.70. The maximum absolute atomic E-state index is 12.8. The molecule has 1 atom stereocenters. The molecule has 152 valence electrons. The van der Waals surface area contributed by atoms with E-state index in [1.807, 2.05) is 18.7 Å². The molecule has 0 aromatic carbocycles. The normalized spacial score (nSPS) is 16.4. The topological polar surface area (TPSA) is 91.6 Å². The Morgan fingerprint density at radius 3 is 2.57 bits per heavy atom. The van der Waals surface area contributed by atoms with Crippen LogP contribution in [0.3, 0.4) is 0 Å². The number of hydrogen-bond acceptors (Lipinski definition) is 7. The summed E-state index contributed by atoms with van der Waals surface area (Å²) >= 11 is 1.40. The molecule has 0 aliphatic carbocycles. The zero-order valence-corrected chi connectivity index (χ0v) is 17.6. The van der Waals surface area contributed by atoms with Gasteiger partial charge in [0.1, 0.15) is 16.5 Å². The number of hydrogen-bond donors (Lipinski definition) is 1. The number of nitrogens with one attached hydrogen (secondary N) is 1. The molecule has 2 aromatic rings. The highest BCUT2D eigenvalue weighted by molar-refractivity contribution is 7.09. The summed E-state index contributed by atoms with van der Waals surface area (Å²) in [6.07, 6.45) is 1.26. The van der Waals surface area contributed by atoms with E-state index >= 15 is 0 Å². The fourth-order valence-corrected chi connectivity index (χ4v) is 4.22. The molecule has 1 saturated heterocycles. The highest BCUT2D eigenvalue weighted by Crippen LogP contribution is 2.26. The molecule has 0 saturated carbocycles. The summed E-state index contributed by atoms with van der Waals surface area (Å²) in [6.45, 7) is 12.1. The third kappa shape index (κ3) is 4.41. The van der Waals surface area contributed by atoms with Crippen molar-refractivity contribution in [2.75, 3.05) is 32.7 Å². The summed E-state index contributed by atoms with van der Waals surface area (Å²) in [5, 5.41) is 5.48. The van der Waals surface area contributed by atoms with Gasteiger partial charge >= 0.3 is 0 Å². The summed E-state index contributed by atoms with van der Waals surface area (Å²) in [6, 6.07) is -0.299. The molecule has 1 aliphatic heterocycles. The fraction of sp³-hybridized carbons (Fsp3) is 0.579. The molecule has 0 unspecified atom stereocenters. The third-order valence-corrected chi connectivity index (χ3v) is 5.95. The van der Waals surface area contributed by atoms with Crippen LogP contribution in [0.4, 0.5) is 0 Å². The van der Waals surface area contributed by atoms with Crippen molar-refractivity contribution in [2.24, 2.45) is 5.92 Å². The minimum Gasteiger partial charge on any atom is -0.448 e. The van der Waals surface area contributed by atoms with Crippen LogP contribution in [0.1, 0.15) is 58.6 Å². The van der Waals surface area contributed by atoms with E-state index < -0.39 is 0 Å². The number of likely N-dealkylation sites (N-methyl/N-ethyl adjacent to an activating group) is 1. The average molecular weight is 406 g/mol. The van der Waals surface area contributed by atoms with E-state index in [2.05, 4.69) is 27.1 Å². The van der Waals surface area contributed by atoms with Gasteiger partial charge in [0.25, 0.3) is 11.8 Å². The van der Waals surface area contributed by atoms with E-state index in [0.717, 1.165) is 37.7 Å². The number of aromatic nitrogens is 2. The minimum absolute atomic E-state index is 0.0422. The molecular weight excluding hydrogens is 378 g/mol. The van der Waals surface area contributed by atoms with E-state index in [-0.39, 0.29) is 29.5 Å². The van der Waals surface area contributed by atoms with Crippen molar-refractivity contribution in [1.82, 2.24) is 25.1 Å². The first-order valence-electron chi connectivity index (χ1n) is 9.58. The first-order valence-corrected chi connectivity index (χ1v) is 10.5. The fourth-order valence-electron chi connectivity index (χ4n) is 3.20. The molecule has 1 fully saturated rings. The SMILES string of the molecule is CCN1CCN(C(=O)c2csc([C@H](NC(=O)c3ncoc3C)C(C)C)n2)CC1. The zero-order valence-electron chi connectivity index (χ0n) is 16.8. The smallest absolute Gasteiger partial charge is 0.274 e. The van der Waals surface area contributed by atoms with Crippen molar-refractivity contribution in [1.29, 1.82) is 0 Å². The molecule has 9 heteroatoms. The predicted octanol–water partition coefficient (Wildman–Crippen LogP) is 2.34. The Bertz CT molecular complexity index is 823. The number of carbonyl (C=O) groups is 2. The Morgan fingerprint density at radius 2 is 2.00 bits per heavy atom. The number of aryl methyl sites for hydroxylation is 1. The van der Waals surface area contributed by atoms with E-state index in [0.29, 0.717) is 11.5 Å². The summed E-state index contributed by atoms with van der Waals surface area (Å²) in [7, 11) is 0.